The van der Waals surface area contributed by atoms with Crippen LogP contribution in [-0.4, -0.2) is 72.5 Å². The Balaban J connectivity index is 1.17. The lowest BCUT2D eigenvalue weighted by Gasteiger charge is -2.27. The first-order chi connectivity index (χ1) is 18.7. The lowest BCUT2D eigenvalue weighted by Crippen LogP contribution is -2.44. The zero-order chi connectivity index (χ0) is 27.8. The summed E-state index contributed by atoms with van der Waals surface area (Å²) in [5, 5.41) is 5.29. The van der Waals surface area contributed by atoms with Crippen LogP contribution < -0.4 is 10.6 Å². The van der Waals surface area contributed by atoms with E-state index >= 15 is 0 Å². The lowest BCUT2D eigenvalue weighted by atomic mass is 10.1. The predicted octanol–water partition coefficient (Wildman–Crippen LogP) is 3.82. The molecule has 0 aliphatic carbocycles. The zero-order valence-corrected chi connectivity index (χ0v) is 21.6. The minimum absolute atomic E-state index is 0.0850. The fourth-order valence-electron chi connectivity index (χ4n) is 5.05. The van der Waals surface area contributed by atoms with Crippen molar-refractivity contribution in [1.29, 1.82) is 0 Å². The maximum absolute atomic E-state index is 12.9. The molecule has 39 heavy (non-hydrogen) atoms. The Kier molecular flexibility index (Phi) is 9.45. The van der Waals surface area contributed by atoms with E-state index in [1.807, 2.05) is 30.3 Å². The molecule has 2 aromatic rings. The molecule has 1 unspecified atom stereocenters. The van der Waals surface area contributed by atoms with E-state index in [1.165, 1.54) is 6.07 Å². The van der Waals surface area contributed by atoms with Gasteiger partial charge in [-0.15, -0.1) is 0 Å². The van der Waals surface area contributed by atoms with E-state index in [0.29, 0.717) is 25.7 Å². The highest BCUT2D eigenvalue weighted by molar-refractivity contribution is 5.96. The highest BCUT2D eigenvalue weighted by Crippen LogP contribution is 2.29. The quantitative estimate of drug-likeness (QED) is 0.551. The highest BCUT2D eigenvalue weighted by Gasteiger charge is 2.32. The van der Waals surface area contributed by atoms with Crippen molar-refractivity contribution in [2.75, 3.05) is 32.7 Å². The minimum Gasteiger partial charge on any atom is -0.445 e. The molecule has 2 saturated heterocycles. The third kappa shape index (κ3) is 8.19. The molecule has 2 heterocycles. The Hall–Kier alpha value is -3.60. The maximum Gasteiger partial charge on any atom is 0.416 e. The van der Waals surface area contributed by atoms with Gasteiger partial charge in [-0.1, -0.05) is 36.4 Å². The molecule has 2 fully saturated rings. The van der Waals surface area contributed by atoms with E-state index in [-0.39, 0.29) is 30.9 Å². The van der Waals surface area contributed by atoms with Gasteiger partial charge in [0.1, 0.15) is 6.61 Å². The predicted molar refractivity (Wildman–Crippen MR) is 138 cm³/mol. The zero-order valence-electron chi connectivity index (χ0n) is 21.6. The normalized spacial score (nSPS) is 20.2. The number of carbonyl (C=O) groups excluding carboxylic acids is 3. The van der Waals surface area contributed by atoms with Gasteiger partial charge in [0.2, 0.25) is 5.91 Å². The van der Waals surface area contributed by atoms with Gasteiger partial charge >= 0.3 is 12.3 Å². The number of halogens is 3. The summed E-state index contributed by atoms with van der Waals surface area (Å²) in [4.78, 5) is 41.3. The molecule has 0 radical (unpaired) electrons. The highest BCUT2D eigenvalue weighted by atomic mass is 19.4. The summed E-state index contributed by atoms with van der Waals surface area (Å²) in [6, 6.07) is 13.8. The summed E-state index contributed by atoms with van der Waals surface area (Å²) in [6.45, 7) is 2.64. The topological polar surface area (TPSA) is 91.0 Å². The molecular weight excluding hydrogens is 513 g/mol. The van der Waals surface area contributed by atoms with Crippen molar-refractivity contribution in [1.82, 2.24) is 20.4 Å². The Morgan fingerprint density at radius 3 is 2.51 bits per heavy atom. The van der Waals surface area contributed by atoms with Crippen LogP contribution in [0, 0.1) is 0 Å². The molecule has 0 saturated carbocycles. The second kappa shape index (κ2) is 13.0. The number of benzene rings is 2. The van der Waals surface area contributed by atoms with E-state index in [2.05, 4.69) is 15.5 Å². The third-order valence-electron chi connectivity index (χ3n) is 7.12. The van der Waals surface area contributed by atoms with E-state index in [4.69, 9.17) is 4.74 Å². The number of hydrogen-bond donors (Lipinski definition) is 2. The lowest BCUT2D eigenvalue weighted by molar-refractivity contribution is -0.137. The van der Waals surface area contributed by atoms with Crippen molar-refractivity contribution >= 4 is 17.9 Å². The molecule has 2 N–H and O–H groups in total. The standard InChI is InChI=1S/C28H33F3N4O4/c29-28(30,31)22-9-4-8-21(16-22)26(37)32-17-25(36)33-23-11-14-35(18-23)24-10-5-13-34(15-12-24)27(38)39-19-20-6-2-1-3-7-20/h1-4,6-9,16,23-24H,5,10-15,17-19H2,(H,32,37)(H,33,36)/t23?,24-/m0/s1. The molecule has 8 nitrogen and oxygen atoms in total. The van der Waals surface area contributed by atoms with Gasteiger partial charge in [-0.2, -0.15) is 13.2 Å². The van der Waals surface area contributed by atoms with Crippen LogP contribution in [0.1, 0.15) is 47.2 Å². The van der Waals surface area contributed by atoms with Crippen LogP contribution in [0.3, 0.4) is 0 Å². The first kappa shape index (κ1) is 28.4. The van der Waals surface area contributed by atoms with E-state index in [0.717, 1.165) is 56.0 Å². The second-order valence-corrected chi connectivity index (χ2v) is 9.92. The number of amides is 3. The molecule has 2 atom stereocenters. The second-order valence-electron chi connectivity index (χ2n) is 9.92. The van der Waals surface area contributed by atoms with Gasteiger partial charge in [0.15, 0.2) is 0 Å². The molecule has 2 aliphatic rings. The number of rotatable bonds is 7. The molecule has 0 bridgehead atoms. The average Bonchev–Trinajstić information content (AvgIpc) is 3.24. The number of nitrogens with one attached hydrogen (secondary N) is 2. The molecule has 2 aromatic carbocycles. The van der Waals surface area contributed by atoms with Gasteiger partial charge in [0.05, 0.1) is 12.1 Å². The van der Waals surface area contributed by atoms with E-state index in [9.17, 15) is 27.6 Å². The SMILES string of the molecule is O=C(CNC(=O)c1cccc(C(F)(F)F)c1)NC1CCN([C@H]2CCCN(C(=O)OCc3ccccc3)CC2)C1. The fourth-order valence-corrected chi connectivity index (χ4v) is 5.05. The Labute approximate surface area is 225 Å². The average molecular weight is 547 g/mol. The minimum atomic E-state index is -4.55. The monoisotopic (exact) mass is 546 g/mol. The maximum atomic E-state index is 12.9. The number of hydrogen-bond acceptors (Lipinski definition) is 5. The summed E-state index contributed by atoms with van der Waals surface area (Å²) >= 11 is 0. The van der Waals surface area contributed by atoms with Crippen LogP contribution in [0.25, 0.3) is 0 Å². The molecule has 0 spiro atoms. The number of likely N-dealkylation sites (tertiary alicyclic amines) is 2. The van der Waals surface area contributed by atoms with Crippen LogP contribution >= 0.6 is 0 Å². The number of nitrogens with zero attached hydrogens (tertiary/aromatic N) is 2. The first-order valence-corrected chi connectivity index (χ1v) is 13.1. The smallest absolute Gasteiger partial charge is 0.416 e. The Morgan fingerprint density at radius 2 is 1.74 bits per heavy atom. The Morgan fingerprint density at radius 1 is 0.949 bits per heavy atom. The van der Waals surface area contributed by atoms with Crippen molar-refractivity contribution in [3.63, 3.8) is 0 Å². The van der Waals surface area contributed by atoms with Gasteiger partial charge < -0.3 is 20.3 Å². The first-order valence-electron chi connectivity index (χ1n) is 13.1. The summed E-state index contributed by atoms with van der Waals surface area (Å²) < 4.78 is 44.1. The van der Waals surface area contributed by atoms with Gasteiger partial charge in [0.25, 0.3) is 5.91 Å². The van der Waals surface area contributed by atoms with Crippen LogP contribution in [0.15, 0.2) is 54.6 Å². The van der Waals surface area contributed by atoms with Crippen molar-refractivity contribution in [3.8, 4) is 0 Å². The molecule has 3 amide bonds. The van der Waals surface area contributed by atoms with Crippen molar-refractivity contribution in [2.24, 2.45) is 0 Å². The third-order valence-corrected chi connectivity index (χ3v) is 7.12. The number of carbonyl (C=O) groups is 3. The van der Waals surface area contributed by atoms with Crippen LogP contribution in [0.2, 0.25) is 0 Å². The van der Waals surface area contributed by atoms with E-state index in [1.54, 1.807) is 4.90 Å². The summed E-state index contributed by atoms with van der Waals surface area (Å²) in [7, 11) is 0. The summed E-state index contributed by atoms with van der Waals surface area (Å²) in [5.74, 6) is -1.13. The molecule has 11 heteroatoms. The van der Waals surface area contributed by atoms with Crippen molar-refractivity contribution in [2.45, 2.75) is 50.6 Å². The fraction of sp³-hybridized carbons (Fsp3) is 0.464. The van der Waals surface area contributed by atoms with Crippen LogP contribution in [-0.2, 0) is 22.3 Å². The largest absolute Gasteiger partial charge is 0.445 e. The summed E-state index contributed by atoms with van der Waals surface area (Å²) in [5.41, 5.74) is -0.133. The molecule has 4 rings (SSSR count). The van der Waals surface area contributed by atoms with Crippen LogP contribution in [0.4, 0.5) is 18.0 Å². The van der Waals surface area contributed by atoms with E-state index < -0.39 is 23.6 Å². The summed E-state index contributed by atoms with van der Waals surface area (Å²) in [6.07, 6.45) is -1.49. The molecule has 0 aromatic heterocycles. The van der Waals surface area contributed by atoms with Gasteiger partial charge in [-0.3, -0.25) is 14.5 Å². The number of ether oxygens (including phenoxy) is 1. The van der Waals surface area contributed by atoms with Crippen LogP contribution in [0.5, 0.6) is 0 Å². The van der Waals surface area contributed by atoms with Gasteiger partial charge in [-0.05, 0) is 49.4 Å². The van der Waals surface area contributed by atoms with Crippen molar-refractivity contribution in [3.05, 3.63) is 71.3 Å². The Bertz CT molecular complexity index is 1150. The van der Waals surface area contributed by atoms with Gasteiger partial charge in [-0.25, -0.2) is 4.79 Å². The van der Waals surface area contributed by atoms with Crippen molar-refractivity contribution < 1.29 is 32.3 Å². The molecule has 210 valence electrons. The molecular formula is C28H33F3N4O4. The molecule has 2 aliphatic heterocycles. The van der Waals surface area contributed by atoms with Gasteiger partial charge in [0, 0.05) is 43.8 Å². The number of alkyl halides is 3.